The van der Waals surface area contributed by atoms with Crippen LogP contribution in [-0.2, 0) is 0 Å². The second-order valence-corrected chi connectivity index (χ2v) is 6.61. The van der Waals surface area contributed by atoms with Gasteiger partial charge in [0, 0.05) is 24.2 Å². The minimum atomic E-state index is -0.494. The van der Waals surface area contributed by atoms with Crippen molar-refractivity contribution in [2.45, 2.75) is 32.8 Å². The molecule has 0 heterocycles. The maximum atomic E-state index is 10.1. The first-order chi connectivity index (χ1) is 8.94. The molecule has 0 aliphatic rings. The van der Waals surface area contributed by atoms with Crippen LogP contribution in [0, 0.1) is 5.41 Å². The van der Waals surface area contributed by atoms with Crippen LogP contribution in [0.15, 0.2) is 28.7 Å². The lowest BCUT2D eigenvalue weighted by molar-refractivity contribution is 0.165. The Morgan fingerprint density at radius 1 is 1.37 bits per heavy atom. The molecule has 0 aromatic heterocycles. The first-order valence-electron chi connectivity index (χ1n) is 6.70. The first kappa shape index (κ1) is 16.6. The molecule has 108 valence electrons. The van der Waals surface area contributed by atoms with Gasteiger partial charge in [-0.15, -0.1) is 0 Å². The fraction of sp³-hybridized carbons (Fsp3) is 0.600. The summed E-state index contributed by atoms with van der Waals surface area (Å²) in [5.41, 5.74) is 1.05. The van der Waals surface area contributed by atoms with Crippen molar-refractivity contribution in [1.82, 2.24) is 5.32 Å². The van der Waals surface area contributed by atoms with Crippen molar-refractivity contribution in [1.29, 1.82) is 0 Å². The molecule has 0 amide bonds. The Morgan fingerprint density at radius 3 is 2.74 bits per heavy atom. The topological polar surface area (TPSA) is 52.5 Å². The summed E-state index contributed by atoms with van der Waals surface area (Å²) in [6, 6.07) is 7.73. The van der Waals surface area contributed by atoms with Gasteiger partial charge in [-0.05, 0) is 36.0 Å². The molecule has 0 aliphatic heterocycles. The Morgan fingerprint density at radius 2 is 2.11 bits per heavy atom. The van der Waals surface area contributed by atoms with Gasteiger partial charge in [0.15, 0.2) is 0 Å². The molecule has 0 spiro atoms. The minimum absolute atomic E-state index is 0.139. The molecule has 19 heavy (non-hydrogen) atoms. The number of nitrogens with one attached hydrogen (secondary N) is 1. The van der Waals surface area contributed by atoms with Gasteiger partial charge < -0.3 is 15.5 Å². The maximum absolute atomic E-state index is 10.1. The molecule has 0 radical (unpaired) electrons. The molecule has 0 fully saturated rings. The normalized spacial score (nSPS) is 13.5. The van der Waals surface area contributed by atoms with Crippen LogP contribution in [0.1, 0.15) is 38.4 Å². The summed E-state index contributed by atoms with van der Waals surface area (Å²) in [5.74, 6) is 0. The maximum Gasteiger partial charge on any atom is 0.0914 e. The summed E-state index contributed by atoms with van der Waals surface area (Å²) in [6.07, 6.45) is 1.30. The number of hydrogen-bond acceptors (Lipinski definition) is 3. The van der Waals surface area contributed by atoms with E-state index in [1.807, 2.05) is 24.3 Å². The van der Waals surface area contributed by atoms with Gasteiger partial charge in [-0.3, -0.25) is 0 Å². The van der Waals surface area contributed by atoms with Crippen LogP contribution in [0.4, 0.5) is 0 Å². The number of aliphatic hydroxyl groups excluding tert-OH is 2. The van der Waals surface area contributed by atoms with Crippen molar-refractivity contribution in [2.75, 3.05) is 19.7 Å². The number of halogens is 1. The lowest BCUT2D eigenvalue weighted by atomic mass is 9.88. The van der Waals surface area contributed by atoms with Gasteiger partial charge in [0.25, 0.3) is 0 Å². The molecule has 1 aromatic carbocycles. The van der Waals surface area contributed by atoms with E-state index in [2.05, 4.69) is 35.1 Å². The smallest absolute Gasteiger partial charge is 0.0914 e. The monoisotopic (exact) mass is 329 g/mol. The van der Waals surface area contributed by atoms with Crippen molar-refractivity contribution in [2.24, 2.45) is 5.41 Å². The van der Waals surface area contributed by atoms with Crippen molar-refractivity contribution in [3.8, 4) is 0 Å². The van der Waals surface area contributed by atoms with Crippen molar-refractivity contribution in [3.63, 3.8) is 0 Å². The Kier molecular flexibility index (Phi) is 7.00. The average molecular weight is 330 g/mol. The van der Waals surface area contributed by atoms with E-state index in [1.54, 1.807) is 0 Å². The lowest BCUT2D eigenvalue weighted by Gasteiger charge is -2.25. The van der Waals surface area contributed by atoms with E-state index in [0.717, 1.165) is 29.4 Å². The first-order valence-corrected chi connectivity index (χ1v) is 7.49. The Bertz CT molecular complexity index is 382. The highest BCUT2D eigenvalue weighted by atomic mass is 79.9. The van der Waals surface area contributed by atoms with Crippen molar-refractivity contribution >= 4 is 15.9 Å². The van der Waals surface area contributed by atoms with E-state index >= 15 is 0 Å². The summed E-state index contributed by atoms with van der Waals surface area (Å²) in [6.45, 7) is 5.95. The quantitative estimate of drug-likeness (QED) is 0.687. The molecule has 3 N–H and O–H groups in total. The molecule has 0 saturated carbocycles. The molecule has 4 heteroatoms. The SMILES string of the molecule is CC(C)(CCCO)CNCC(O)c1cccc(Br)c1. The largest absolute Gasteiger partial charge is 0.396 e. The van der Waals surface area contributed by atoms with Crippen LogP contribution in [0.3, 0.4) is 0 Å². The number of rotatable bonds is 8. The van der Waals surface area contributed by atoms with Gasteiger partial charge in [0.2, 0.25) is 0 Å². The average Bonchev–Trinajstić information content (AvgIpc) is 2.36. The molecule has 3 nitrogen and oxygen atoms in total. The Balaban J connectivity index is 2.36. The summed E-state index contributed by atoms with van der Waals surface area (Å²) >= 11 is 3.40. The van der Waals surface area contributed by atoms with Crippen LogP contribution in [0.25, 0.3) is 0 Å². The van der Waals surface area contributed by atoms with E-state index < -0.39 is 6.10 Å². The van der Waals surface area contributed by atoms with E-state index in [1.165, 1.54) is 0 Å². The van der Waals surface area contributed by atoms with Gasteiger partial charge in [-0.2, -0.15) is 0 Å². The van der Waals surface area contributed by atoms with Gasteiger partial charge in [-0.1, -0.05) is 41.9 Å². The van der Waals surface area contributed by atoms with E-state index in [0.29, 0.717) is 6.54 Å². The van der Waals surface area contributed by atoms with E-state index in [-0.39, 0.29) is 12.0 Å². The Hall–Kier alpha value is -0.420. The predicted octanol–water partition coefficient (Wildman–Crippen LogP) is 2.87. The van der Waals surface area contributed by atoms with Crippen LogP contribution >= 0.6 is 15.9 Å². The highest BCUT2D eigenvalue weighted by molar-refractivity contribution is 9.10. The van der Waals surface area contributed by atoms with Gasteiger partial charge >= 0.3 is 0 Å². The summed E-state index contributed by atoms with van der Waals surface area (Å²) < 4.78 is 0.979. The minimum Gasteiger partial charge on any atom is -0.396 e. The second-order valence-electron chi connectivity index (χ2n) is 5.69. The van der Waals surface area contributed by atoms with E-state index in [4.69, 9.17) is 5.11 Å². The highest BCUT2D eigenvalue weighted by Crippen LogP contribution is 2.21. The van der Waals surface area contributed by atoms with Gasteiger partial charge in [0.05, 0.1) is 6.10 Å². The van der Waals surface area contributed by atoms with Crippen molar-refractivity contribution < 1.29 is 10.2 Å². The van der Waals surface area contributed by atoms with Crippen molar-refractivity contribution in [3.05, 3.63) is 34.3 Å². The molecule has 1 rings (SSSR count). The molecule has 0 saturated heterocycles. The predicted molar refractivity (Wildman–Crippen MR) is 82.1 cm³/mol. The fourth-order valence-electron chi connectivity index (χ4n) is 2.02. The van der Waals surface area contributed by atoms with Crippen LogP contribution in [-0.4, -0.2) is 29.9 Å². The number of hydrogen-bond donors (Lipinski definition) is 3. The standard InChI is InChI=1S/C15H24BrNO2/c1-15(2,7-4-8-18)11-17-10-14(19)12-5-3-6-13(16)9-12/h3,5-6,9,14,17-19H,4,7-8,10-11H2,1-2H3. The fourth-order valence-corrected chi connectivity index (χ4v) is 2.44. The molecular formula is C15H24BrNO2. The highest BCUT2D eigenvalue weighted by Gasteiger charge is 2.17. The van der Waals surface area contributed by atoms with Crippen LogP contribution in [0.2, 0.25) is 0 Å². The van der Waals surface area contributed by atoms with Crippen LogP contribution in [0.5, 0.6) is 0 Å². The van der Waals surface area contributed by atoms with Gasteiger partial charge in [-0.25, -0.2) is 0 Å². The molecular weight excluding hydrogens is 306 g/mol. The molecule has 0 bridgehead atoms. The summed E-state index contributed by atoms with van der Waals surface area (Å²) in [5, 5.41) is 22.3. The number of aliphatic hydroxyl groups is 2. The Labute approximate surface area is 124 Å². The third-order valence-corrected chi connectivity index (χ3v) is 3.68. The molecule has 1 aromatic rings. The van der Waals surface area contributed by atoms with E-state index in [9.17, 15) is 5.11 Å². The second kappa shape index (κ2) is 8.00. The zero-order chi connectivity index (χ0) is 14.3. The molecule has 0 aliphatic carbocycles. The zero-order valence-electron chi connectivity index (χ0n) is 11.7. The third-order valence-electron chi connectivity index (χ3n) is 3.19. The van der Waals surface area contributed by atoms with Crippen LogP contribution < -0.4 is 5.32 Å². The zero-order valence-corrected chi connectivity index (χ0v) is 13.3. The van der Waals surface area contributed by atoms with Gasteiger partial charge in [0.1, 0.15) is 0 Å². The number of benzene rings is 1. The lowest BCUT2D eigenvalue weighted by Crippen LogP contribution is -2.32. The molecule has 1 unspecified atom stereocenters. The molecule has 1 atom stereocenters. The summed E-state index contributed by atoms with van der Waals surface area (Å²) in [7, 11) is 0. The third kappa shape index (κ3) is 6.52. The summed E-state index contributed by atoms with van der Waals surface area (Å²) in [4.78, 5) is 0.